The molecule has 1 aromatic heterocycles. The van der Waals surface area contributed by atoms with Crippen LogP contribution in [0.4, 0.5) is 0 Å². The second kappa shape index (κ2) is 10.3. The number of hydrogen-bond acceptors (Lipinski definition) is 6. The van der Waals surface area contributed by atoms with E-state index in [0.29, 0.717) is 48.6 Å². The standard InChI is InChI=1S/C25H26N4O6/c26-23(27)16-6-8-17(9-7-16)34-13-3-10-28-11-12-29(25(33)24(28)32)20(14-22(30)31)19-15-35-21-5-2-1-4-18(19)21/h1-2,4-9,15,20H,3,10-14H2,(H3,26,27)(H,30,31). The van der Waals surface area contributed by atoms with Crippen molar-refractivity contribution in [1.29, 1.82) is 5.41 Å². The Balaban J connectivity index is 1.37. The van der Waals surface area contributed by atoms with Crippen molar-refractivity contribution in [2.24, 2.45) is 5.73 Å². The maximum atomic E-state index is 13.0. The van der Waals surface area contributed by atoms with Crippen LogP contribution in [-0.4, -0.2) is 64.8 Å². The summed E-state index contributed by atoms with van der Waals surface area (Å²) < 4.78 is 11.2. The quantitative estimate of drug-likeness (QED) is 0.175. The summed E-state index contributed by atoms with van der Waals surface area (Å²) in [6.07, 6.45) is 1.64. The molecule has 1 atom stereocenters. The molecule has 2 heterocycles. The minimum Gasteiger partial charge on any atom is -0.494 e. The topological polar surface area (TPSA) is 150 Å². The summed E-state index contributed by atoms with van der Waals surface area (Å²) in [5, 5.41) is 17.6. The van der Waals surface area contributed by atoms with Gasteiger partial charge in [-0.25, -0.2) is 0 Å². The van der Waals surface area contributed by atoms with E-state index in [-0.39, 0.29) is 18.8 Å². The van der Waals surface area contributed by atoms with Gasteiger partial charge in [-0.05, 0) is 36.8 Å². The van der Waals surface area contributed by atoms with Crippen LogP contribution in [0.1, 0.15) is 30.0 Å². The van der Waals surface area contributed by atoms with Crippen LogP contribution in [0.3, 0.4) is 0 Å². The Morgan fingerprint density at radius 2 is 1.86 bits per heavy atom. The van der Waals surface area contributed by atoms with Crippen LogP contribution in [0.5, 0.6) is 5.75 Å². The number of rotatable bonds is 10. The number of nitrogens with zero attached hydrogens (tertiary/aromatic N) is 2. The normalized spacial score (nSPS) is 14.9. The largest absolute Gasteiger partial charge is 0.494 e. The molecule has 0 spiro atoms. The van der Waals surface area contributed by atoms with E-state index in [0.717, 1.165) is 5.39 Å². The van der Waals surface area contributed by atoms with Crippen molar-refractivity contribution in [2.45, 2.75) is 18.9 Å². The maximum Gasteiger partial charge on any atom is 0.312 e. The molecule has 3 aromatic rings. The number of benzene rings is 2. The lowest BCUT2D eigenvalue weighted by Crippen LogP contribution is -2.55. The number of piperazine rings is 1. The number of ether oxygens (including phenoxy) is 1. The Morgan fingerprint density at radius 1 is 1.11 bits per heavy atom. The molecule has 1 saturated heterocycles. The van der Waals surface area contributed by atoms with Gasteiger partial charge in [0.1, 0.15) is 17.2 Å². The molecular weight excluding hydrogens is 452 g/mol. The third-order valence-corrected chi connectivity index (χ3v) is 5.96. The van der Waals surface area contributed by atoms with Crippen molar-refractivity contribution in [1.82, 2.24) is 9.80 Å². The highest BCUT2D eigenvalue weighted by Crippen LogP contribution is 2.33. The molecule has 2 amide bonds. The molecule has 2 aromatic carbocycles. The van der Waals surface area contributed by atoms with Crippen LogP contribution >= 0.6 is 0 Å². The zero-order valence-corrected chi connectivity index (χ0v) is 19.0. The first-order valence-electron chi connectivity index (χ1n) is 11.2. The molecule has 10 heteroatoms. The van der Waals surface area contributed by atoms with E-state index in [1.54, 1.807) is 42.5 Å². The van der Waals surface area contributed by atoms with Crippen molar-refractivity contribution in [3.63, 3.8) is 0 Å². The third-order valence-electron chi connectivity index (χ3n) is 5.96. The van der Waals surface area contributed by atoms with E-state index in [1.807, 2.05) is 6.07 Å². The fraction of sp³-hybridized carbons (Fsp3) is 0.280. The second-order valence-corrected chi connectivity index (χ2v) is 8.23. The van der Waals surface area contributed by atoms with Crippen molar-refractivity contribution < 1.29 is 28.6 Å². The maximum absolute atomic E-state index is 13.0. The molecule has 1 fully saturated rings. The molecule has 4 rings (SSSR count). The first-order chi connectivity index (χ1) is 16.8. The number of carboxylic acid groups (broad SMARTS) is 1. The lowest BCUT2D eigenvalue weighted by molar-refractivity contribution is -0.159. The van der Waals surface area contributed by atoms with Gasteiger partial charge >= 0.3 is 17.8 Å². The molecule has 10 nitrogen and oxygen atoms in total. The number of hydrogen-bond donors (Lipinski definition) is 3. The summed E-state index contributed by atoms with van der Waals surface area (Å²) in [5.41, 5.74) is 7.20. The number of nitrogens with one attached hydrogen (secondary N) is 1. The molecule has 35 heavy (non-hydrogen) atoms. The first-order valence-corrected chi connectivity index (χ1v) is 11.2. The highest BCUT2D eigenvalue weighted by molar-refractivity contribution is 6.35. The summed E-state index contributed by atoms with van der Waals surface area (Å²) in [7, 11) is 0. The van der Waals surface area contributed by atoms with Gasteiger partial charge in [0, 0.05) is 36.1 Å². The number of amides is 2. The van der Waals surface area contributed by atoms with E-state index in [4.69, 9.17) is 20.3 Å². The predicted molar refractivity (Wildman–Crippen MR) is 127 cm³/mol. The Morgan fingerprint density at radius 3 is 2.57 bits per heavy atom. The Kier molecular flexibility index (Phi) is 7.00. The Bertz CT molecular complexity index is 1250. The molecule has 0 bridgehead atoms. The number of nitrogen functional groups attached to an aromatic ring is 1. The molecule has 0 radical (unpaired) electrons. The smallest absolute Gasteiger partial charge is 0.312 e. The van der Waals surface area contributed by atoms with E-state index >= 15 is 0 Å². The monoisotopic (exact) mass is 478 g/mol. The number of para-hydroxylation sites is 1. The van der Waals surface area contributed by atoms with Crippen molar-refractivity contribution >= 4 is 34.6 Å². The van der Waals surface area contributed by atoms with Gasteiger partial charge in [0.05, 0.1) is 25.3 Å². The van der Waals surface area contributed by atoms with Gasteiger partial charge in [0.25, 0.3) is 0 Å². The lowest BCUT2D eigenvalue weighted by Gasteiger charge is -2.37. The SMILES string of the molecule is N=C(N)c1ccc(OCCCN2CCN(C(CC(=O)O)c3coc4ccccc34)C(=O)C2=O)cc1. The minimum atomic E-state index is -1.07. The lowest BCUT2D eigenvalue weighted by atomic mass is 10.00. The van der Waals surface area contributed by atoms with Crippen molar-refractivity contribution in [2.75, 3.05) is 26.2 Å². The van der Waals surface area contributed by atoms with Gasteiger partial charge in [-0.3, -0.25) is 19.8 Å². The van der Waals surface area contributed by atoms with Crippen LogP contribution in [0.2, 0.25) is 0 Å². The summed E-state index contributed by atoms with van der Waals surface area (Å²) in [6, 6.07) is 13.2. The number of nitrogens with two attached hydrogens (primary N) is 1. The molecule has 1 aliphatic heterocycles. The number of furan rings is 1. The average Bonchev–Trinajstić information content (AvgIpc) is 3.27. The molecule has 1 unspecified atom stereocenters. The van der Waals surface area contributed by atoms with E-state index in [2.05, 4.69) is 0 Å². The highest BCUT2D eigenvalue weighted by Gasteiger charge is 2.38. The predicted octanol–water partition coefficient (Wildman–Crippen LogP) is 2.37. The van der Waals surface area contributed by atoms with E-state index in [1.165, 1.54) is 16.1 Å². The number of carboxylic acids is 1. The molecule has 182 valence electrons. The summed E-state index contributed by atoms with van der Waals surface area (Å²) in [5.74, 6) is -1.87. The van der Waals surface area contributed by atoms with E-state index in [9.17, 15) is 19.5 Å². The summed E-state index contributed by atoms with van der Waals surface area (Å²) in [6.45, 7) is 1.19. The van der Waals surface area contributed by atoms with Gasteiger partial charge in [-0.1, -0.05) is 18.2 Å². The van der Waals surface area contributed by atoms with Crippen molar-refractivity contribution in [3.8, 4) is 5.75 Å². The van der Waals surface area contributed by atoms with Gasteiger partial charge < -0.3 is 29.8 Å². The Labute approximate surface area is 201 Å². The van der Waals surface area contributed by atoms with E-state index < -0.39 is 23.8 Å². The number of fused-ring (bicyclic) bond motifs is 1. The number of carbonyl (C=O) groups is 3. The van der Waals surface area contributed by atoms with Crippen LogP contribution < -0.4 is 10.5 Å². The fourth-order valence-corrected chi connectivity index (χ4v) is 4.19. The second-order valence-electron chi connectivity index (χ2n) is 8.23. The van der Waals surface area contributed by atoms with Crippen LogP contribution in [-0.2, 0) is 14.4 Å². The van der Waals surface area contributed by atoms with Gasteiger partial charge in [-0.15, -0.1) is 0 Å². The minimum absolute atomic E-state index is 0.0228. The summed E-state index contributed by atoms with van der Waals surface area (Å²) >= 11 is 0. The van der Waals surface area contributed by atoms with Gasteiger partial charge in [0.2, 0.25) is 0 Å². The summed E-state index contributed by atoms with van der Waals surface area (Å²) in [4.78, 5) is 40.2. The highest BCUT2D eigenvalue weighted by atomic mass is 16.5. The molecule has 1 aliphatic rings. The first kappa shape index (κ1) is 23.8. The van der Waals surface area contributed by atoms with Gasteiger partial charge in [-0.2, -0.15) is 0 Å². The number of amidine groups is 1. The average molecular weight is 479 g/mol. The third kappa shape index (κ3) is 5.26. The molecular formula is C25H26N4O6. The van der Waals surface area contributed by atoms with Gasteiger partial charge in [0.15, 0.2) is 0 Å². The molecule has 0 aliphatic carbocycles. The fourth-order valence-electron chi connectivity index (χ4n) is 4.19. The Hall–Kier alpha value is -4.34. The van der Waals surface area contributed by atoms with Crippen LogP contribution in [0, 0.1) is 5.41 Å². The van der Waals surface area contributed by atoms with Crippen LogP contribution in [0.25, 0.3) is 11.0 Å². The number of carbonyl (C=O) groups excluding carboxylic acids is 2. The zero-order chi connectivity index (χ0) is 24.9. The van der Waals surface area contributed by atoms with Crippen LogP contribution in [0.15, 0.2) is 59.2 Å². The zero-order valence-electron chi connectivity index (χ0n) is 19.0. The number of aliphatic carboxylic acids is 1. The molecule has 0 saturated carbocycles. The molecule has 4 N–H and O–H groups in total. The van der Waals surface area contributed by atoms with Crippen molar-refractivity contribution in [3.05, 3.63) is 65.9 Å².